The Morgan fingerprint density at radius 1 is 1.03 bits per heavy atom. The maximum Gasteiger partial charge on any atom is 0.193 e. The average Bonchev–Trinajstić information content (AvgIpc) is 3.05. The number of hydrogen-bond donors (Lipinski definition) is 0. The molecule has 0 radical (unpaired) electrons. The zero-order valence-electron chi connectivity index (χ0n) is 18.9. The zero-order valence-corrected chi connectivity index (χ0v) is 18.9. The molecule has 0 aliphatic heterocycles. The van der Waals surface area contributed by atoms with E-state index in [-0.39, 0.29) is 28.3 Å². The number of ketones is 2. The third kappa shape index (κ3) is 2.22. The van der Waals surface area contributed by atoms with E-state index in [2.05, 4.69) is 46.4 Å². The maximum absolute atomic E-state index is 13.8. The van der Waals surface area contributed by atoms with Crippen LogP contribution in [0.2, 0.25) is 0 Å². The van der Waals surface area contributed by atoms with Crippen LogP contribution in [0.3, 0.4) is 0 Å². The van der Waals surface area contributed by atoms with Gasteiger partial charge in [-0.05, 0) is 50.0 Å². The van der Waals surface area contributed by atoms with E-state index in [9.17, 15) is 9.59 Å². The van der Waals surface area contributed by atoms with E-state index in [0.717, 1.165) is 42.4 Å². The van der Waals surface area contributed by atoms with Crippen molar-refractivity contribution in [1.82, 2.24) is 0 Å². The molecule has 5 atom stereocenters. The summed E-state index contributed by atoms with van der Waals surface area (Å²) in [4.78, 5) is 27.3. The van der Waals surface area contributed by atoms with Crippen LogP contribution in [0.1, 0.15) is 105 Å². The molecule has 0 aromatic carbocycles. The van der Waals surface area contributed by atoms with E-state index < -0.39 is 0 Å². The Morgan fingerprint density at radius 3 is 2.33 bits per heavy atom. The highest BCUT2D eigenvalue weighted by atomic mass is 16.3. The maximum atomic E-state index is 13.8. The lowest BCUT2D eigenvalue weighted by Crippen LogP contribution is -2.44. The summed E-state index contributed by atoms with van der Waals surface area (Å²) in [5.41, 5.74) is 3.51. The molecule has 1 aromatic rings. The van der Waals surface area contributed by atoms with Crippen molar-refractivity contribution >= 4 is 17.1 Å². The molecule has 158 valence electrons. The van der Waals surface area contributed by atoms with Crippen LogP contribution < -0.4 is 0 Å². The van der Waals surface area contributed by atoms with Crippen molar-refractivity contribution in [3.63, 3.8) is 0 Å². The van der Waals surface area contributed by atoms with Crippen LogP contribution in [0, 0.1) is 22.7 Å². The second kappa shape index (κ2) is 6.18. The van der Waals surface area contributed by atoms with Gasteiger partial charge in [0.1, 0.15) is 11.5 Å². The van der Waals surface area contributed by atoms with Crippen LogP contribution in [-0.2, 0) is 0 Å². The van der Waals surface area contributed by atoms with Crippen LogP contribution in [0.25, 0.3) is 5.57 Å². The van der Waals surface area contributed by atoms with Gasteiger partial charge in [-0.2, -0.15) is 0 Å². The molecule has 4 aliphatic carbocycles. The first-order chi connectivity index (χ1) is 14.1. The molecule has 0 bridgehead atoms. The zero-order chi connectivity index (χ0) is 21.6. The minimum absolute atomic E-state index is 0.00274. The lowest BCUT2D eigenvalue weighted by atomic mass is 9.53. The van der Waals surface area contributed by atoms with Crippen molar-refractivity contribution in [2.24, 2.45) is 22.7 Å². The van der Waals surface area contributed by atoms with Gasteiger partial charge in [-0.15, -0.1) is 0 Å². The standard InChI is InChI=1S/C27H32O3/c1-14(2)22-25-21(23(29)17-11-8-10-16(4)27(17,22)6)20-19(28)13-26(5)15(3)9-7-12-18(26)24(20)30-25/h11-12,15-16,22H,1,7-10,13H2,2-6H3/t15-,16-,22-,26+,27+/m1/s1. The fourth-order valence-corrected chi connectivity index (χ4v) is 6.85. The van der Waals surface area contributed by atoms with Gasteiger partial charge in [0.15, 0.2) is 11.6 Å². The van der Waals surface area contributed by atoms with Crippen molar-refractivity contribution in [2.45, 2.75) is 72.6 Å². The summed E-state index contributed by atoms with van der Waals surface area (Å²) in [5, 5.41) is 0. The molecule has 0 saturated heterocycles. The lowest BCUT2D eigenvalue weighted by molar-refractivity contribution is 0.0875. The van der Waals surface area contributed by atoms with Crippen molar-refractivity contribution in [1.29, 1.82) is 0 Å². The summed E-state index contributed by atoms with van der Waals surface area (Å²) in [6.45, 7) is 15.2. The number of Topliss-reactive ketones (excluding diaryl/α,β-unsaturated/α-hetero) is 2. The number of furan rings is 1. The van der Waals surface area contributed by atoms with Gasteiger partial charge in [-0.1, -0.05) is 52.0 Å². The molecule has 0 saturated carbocycles. The first kappa shape index (κ1) is 19.8. The summed E-state index contributed by atoms with van der Waals surface area (Å²) >= 11 is 0. The molecular weight excluding hydrogens is 372 g/mol. The predicted molar refractivity (Wildman–Crippen MR) is 119 cm³/mol. The molecular formula is C27H32O3. The van der Waals surface area contributed by atoms with Gasteiger partial charge in [0.2, 0.25) is 0 Å². The minimum Gasteiger partial charge on any atom is -0.459 e. The monoisotopic (exact) mass is 404 g/mol. The van der Waals surface area contributed by atoms with E-state index in [1.165, 1.54) is 0 Å². The normalized spacial score (nSPS) is 37.4. The first-order valence-corrected chi connectivity index (χ1v) is 11.4. The molecule has 4 aliphatic rings. The van der Waals surface area contributed by atoms with Gasteiger partial charge in [0.05, 0.1) is 11.1 Å². The van der Waals surface area contributed by atoms with E-state index >= 15 is 0 Å². The number of rotatable bonds is 1. The lowest BCUT2D eigenvalue weighted by Gasteiger charge is -2.48. The van der Waals surface area contributed by atoms with Crippen LogP contribution in [0.5, 0.6) is 0 Å². The quantitative estimate of drug-likeness (QED) is 0.478. The Morgan fingerprint density at radius 2 is 1.67 bits per heavy atom. The van der Waals surface area contributed by atoms with Gasteiger partial charge in [-0.3, -0.25) is 9.59 Å². The molecule has 3 nitrogen and oxygen atoms in total. The second-order valence-corrected chi connectivity index (χ2v) is 10.6. The molecule has 0 unspecified atom stereocenters. The highest BCUT2D eigenvalue weighted by Gasteiger charge is 2.57. The molecule has 0 N–H and O–H groups in total. The Kier molecular flexibility index (Phi) is 4.08. The summed E-state index contributed by atoms with van der Waals surface area (Å²) in [5.74, 6) is 2.08. The van der Waals surface area contributed by atoms with Crippen molar-refractivity contribution < 1.29 is 14.0 Å². The van der Waals surface area contributed by atoms with Crippen LogP contribution in [0.15, 0.2) is 34.3 Å². The SMILES string of the molecule is C=C(C)[C@@H]1c2oc3c(c2C(=O)C2=CCC[C@@H](C)[C@@]21C)C(=O)C[C@]1(C)C3=CCC[C@H]1C. The second-order valence-electron chi connectivity index (χ2n) is 10.6. The highest BCUT2D eigenvalue weighted by molar-refractivity contribution is 6.20. The summed E-state index contributed by atoms with van der Waals surface area (Å²) < 4.78 is 6.59. The van der Waals surface area contributed by atoms with E-state index in [4.69, 9.17) is 4.42 Å². The molecule has 1 heterocycles. The molecule has 30 heavy (non-hydrogen) atoms. The number of hydrogen-bond acceptors (Lipinski definition) is 3. The Hall–Kier alpha value is -2.16. The number of carbonyl (C=O) groups excluding carboxylic acids is 2. The van der Waals surface area contributed by atoms with Crippen LogP contribution >= 0.6 is 0 Å². The van der Waals surface area contributed by atoms with Gasteiger partial charge >= 0.3 is 0 Å². The first-order valence-electron chi connectivity index (χ1n) is 11.4. The average molecular weight is 405 g/mol. The minimum atomic E-state index is -0.338. The Bertz CT molecular complexity index is 1060. The molecule has 3 heteroatoms. The van der Waals surface area contributed by atoms with E-state index in [1.54, 1.807) is 0 Å². The smallest absolute Gasteiger partial charge is 0.193 e. The molecule has 0 fully saturated rings. The molecule has 5 rings (SSSR count). The largest absolute Gasteiger partial charge is 0.459 e. The van der Waals surface area contributed by atoms with Gasteiger partial charge in [-0.25, -0.2) is 0 Å². The van der Waals surface area contributed by atoms with Crippen molar-refractivity contribution in [2.75, 3.05) is 0 Å². The fraction of sp³-hybridized carbons (Fsp3) is 0.556. The topological polar surface area (TPSA) is 47.3 Å². The Labute approximate surface area is 179 Å². The van der Waals surface area contributed by atoms with Gasteiger partial charge in [0, 0.05) is 28.7 Å². The molecule has 0 amide bonds. The van der Waals surface area contributed by atoms with Crippen LogP contribution in [-0.4, -0.2) is 11.6 Å². The molecule has 0 spiro atoms. The third-order valence-electron chi connectivity index (χ3n) is 9.02. The van der Waals surface area contributed by atoms with Gasteiger partial charge in [0.25, 0.3) is 0 Å². The fourth-order valence-electron chi connectivity index (χ4n) is 6.85. The number of fused-ring (bicyclic) bond motifs is 6. The summed E-state index contributed by atoms with van der Waals surface area (Å²) in [7, 11) is 0. The van der Waals surface area contributed by atoms with Gasteiger partial charge < -0.3 is 4.42 Å². The van der Waals surface area contributed by atoms with E-state index in [1.807, 2.05) is 6.92 Å². The number of carbonyl (C=O) groups is 2. The van der Waals surface area contributed by atoms with Crippen molar-refractivity contribution in [3.05, 3.63) is 52.5 Å². The van der Waals surface area contributed by atoms with Crippen LogP contribution in [0.4, 0.5) is 0 Å². The van der Waals surface area contributed by atoms with Crippen molar-refractivity contribution in [3.8, 4) is 0 Å². The van der Waals surface area contributed by atoms with E-state index in [0.29, 0.717) is 40.9 Å². The number of allylic oxidation sites excluding steroid dienone is 5. The third-order valence-corrected chi connectivity index (χ3v) is 9.02. The Balaban J connectivity index is 1.82. The highest BCUT2D eigenvalue weighted by Crippen LogP contribution is 2.62. The summed E-state index contributed by atoms with van der Waals surface area (Å²) in [6, 6.07) is 0. The molecule has 1 aromatic heterocycles. The predicted octanol–water partition coefficient (Wildman–Crippen LogP) is 6.90. The summed E-state index contributed by atoms with van der Waals surface area (Å²) in [6.07, 6.45) is 8.84.